The molecule has 2 heterocycles. The fourth-order valence-electron chi connectivity index (χ4n) is 2.12. The summed E-state index contributed by atoms with van der Waals surface area (Å²) in [5, 5.41) is 3.22. The van der Waals surface area contributed by atoms with E-state index < -0.39 is 0 Å². The molecule has 0 bridgehead atoms. The standard InChI is InChI=1S/C13H24N6O/c1-2-3-4-5-6-15-12-16-11(14)17-13(18-12)19-7-9-20-10-8-19/h2-10H2,1H3,(H3,14,15,16,17,18). The number of anilines is 3. The zero-order valence-electron chi connectivity index (χ0n) is 12.1. The van der Waals surface area contributed by atoms with Crippen molar-refractivity contribution in [3.8, 4) is 0 Å². The van der Waals surface area contributed by atoms with Gasteiger partial charge < -0.3 is 20.7 Å². The van der Waals surface area contributed by atoms with E-state index in [0.717, 1.165) is 26.1 Å². The van der Waals surface area contributed by atoms with Gasteiger partial charge in [-0.2, -0.15) is 15.0 Å². The van der Waals surface area contributed by atoms with Gasteiger partial charge in [0.25, 0.3) is 0 Å². The molecule has 1 aromatic rings. The highest BCUT2D eigenvalue weighted by atomic mass is 16.5. The zero-order chi connectivity index (χ0) is 14.2. The van der Waals surface area contributed by atoms with Gasteiger partial charge in [0.2, 0.25) is 17.8 Å². The molecule has 0 aliphatic carbocycles. The van der Waals surface area contributed by atoms with Crippen molar-refractivity contribution in [2.24, 2.45) is 0 Å². The van der Waals surface area contributed by atoms with Crippen molar-refractivity contribution in [3.63, 3.8) is 0 Å². The number of ether oxygens (including phenoxy) is 1. The predicted molar refractivity (Wildman–Crippen MR) is 79.9 cm³/mol. The summed E-state index contributed by atoms with van der Waals surface area (Å²) in [6.45, 7) is 6.05. The van der Waals surface area contributed by atoms with Crippen molar-refractivity contribution in [2.45, 2.75) is 32.6 Å². The second-order valence-electron chi connectivity index (χ2n) is 4.90. The molecule has 0 spiro atoms. The zero-order valence-corrected chi connectivity index (χ0v) is 12.1. The van der Waals surface area contributed by atoms with E-state index >= 15 is 0 Å². The van der Waals surface area contributed by atoms with Crippen LogP contribution in [0.4, 0.5) is 17.8 Å². The van der Waals surface area contributed by atoms with Crippen molar-refractivity contribution < 1.29 is 4.74 Å². The molecule has 0 unspecified atom stereocenters. The highest BCUT2D eigenvalue weighted by Crippen LogP contribution is 2.13. The van der Waals surface area contributed by atoms with Crippen molar-refractivity contribution >= 4 is 17.8 Å². The second-order valence-corrected chi connectivity index (χ2v) is 4.90. The number of nitrogen functional groups attached to an aromatic ring is 1. The molecule has 1 saturated heterocycles. The van der Waals surface area contributed by atoms with Crippen LogP contribution in [0.1, 0.15) is 32.6 Å². The minimum absolute atomic E-state index is 0.262. The first kappa shape index (κ1) is 14.8. The summed E-state index contributed by atoms with van der Waals surface area (Å²) in [5.74, 6) is 1.46. The Bertz CT molecular complexity index is 408. The maximum absolute atomic E-state index is 5.76. The molecule has 7 nitrogen and oxygen atoms in total. The fourth-order valence-corrected chi connectivity index (χ4v) is 2.12. The highest BCUT2D eigenvalue weighted by Gasteiger charge is 2.15. The third kappa shape index (κ3) is 4.48. The largest absolute Gasteiger partial charge is 0.378 e. The number of unbranched alkanes of at least 4 members (excludes halogenated alkanes) is 3. The molecule has 0 aromatic carbocycles. The minimum Gasteiger partial charge on any atom is -0.378 e. The average Bonchev–Trinajstić information content (AvgIpc) is 2.47. The van der Waals surface area contributed by atoms with E-state index in [9.17, 15) is 0 Å². The van der Waals surface area contributed by atoms with Crippen molar-refractivity contribution in [2.75, 3.05) is 48.8 Å². The van der Waals surface area contributed by atoms with Crippen LogP contribution in [-0.2, 0) is 4.74 Å². The molecule has 1 aliphatic rings. The number of nitrogens with zero attached hydrogens (tertiary/aromatic N) is 4. The van der Waals surface area contributed by atoms with Crippen LogP contribution in [0.3, 0.4) is 0 Å². The molecule has 7 heteroatoms. The normalized spacial score (nSPS) is 15.3. The Labute approximate surface area is 119 Å². The Morgan fingerprint density at radius 1 is 1.15 bits per heavy atom. The summed E-state index contributed by atoms with van der Waals surface area (Å²) in [6.07, 6.45) is 4.84. The van der Waals surface area contributed by atoms with Crippen LogP contribution in [0.2, 0.25) is 0 Å². The van der Waals surface area contributed by atoms with Gasteiger partial charge in [-0.15, -0.1) is 0 Å². The van der Waals surface area contributed by atoms with E-state index in [1.807, 2.05) is 0 Å². The minimum atomic E-state index is 0.262. The number of nitrogens with two attached hydrogens (primary N) is 1. The van der Waals surface area contributed by atoms with Crippen LogP contribution >= 0.6 is 0 Å². The Hall–Kier alpha value is -1.63. The molecular weight excluding hydrogens is 256 g/mol. The van der Waals surface area contributed by atoms with Crippen LogP contribution in [-0.4, -0.2) is 47.8 Å². The summed E-state index contributed by atoms with van der Waals surface area (Å²) in [5.41, 5.74) is 5.76. The Kier molecular flexibility index (Phi) is 5.79. The lowest BCUT2D eigenvalue weighted by Crippen LogP contribution is -2.37. The maximum atomic E-state index is 5.76. The third-order valence-corrected chi connectivity index (χ3v) is 3.25. The molecule has 1 fully saturated rings. The van der Waals surface area contributed by atoms with Gasteiger partial charge in [-0.25, -0.2) is 0 Å². The van der Waals surface area contributed by atoms with E-state index in [2.05, 4.69) is 32.1 Å². The SMILES string of the molecule is CCCCCCNc1nc(N)nc(N2CCOCC2)n1. The van der Waals surface area contributed by atoms with Gasteiger partial charge in [-0.3, -0.25) is 0 Å². The van der Waals surface area contributed by atoms with E-state index in [1.54, 1.807) is 0 Å². The van der Waals surface area contributed by atoms with E-state index in [4.69, 9.17) is 10.5 Å². The molecule has 0 saturated carbocycles. The topological polar surface area (TPSA) is 89.2 Å². The number of nitrogens with one attached hydrogen (secondary N) is 1. The van der Waals surface area contributed by atoms with Crippen LogP contribution in [0.25, 0.3) is 0 Å². The quantitative estimate of drug-likeness (QED) is 0.727. The lowest BCUT2D eigenvalue weighted by atomic mass is 10.2. The molecular formula is C13H24N6O. The summed E-state index contributed by atoms with van der Waals surface area (Å²) in [7, 11) is 0. The van der Waals surface area contributed by atoms with Gasteiger partial charge in [-0.05, 0) is 6.42 Å². The lowest BCUT2D eigenvalue weighted by molar-refractivity contribution is 0.122. The molecule has 3 N–H and O–H groups in total. The molecule has 1 aromatic heterocycles. The Morgan fingerprint density at radius 3 is 2.70 bits per heavy atom. The number of rotatable bonds is 7. The van der Waals surface area contributed by atoms with Gasteiger partial charge in [0.1, 0.15) is 0 Å². The van der Waals surface area contributed by atoms with Crippen LogP contribution < -0.4 is 16.0 Å². The van der Waals surface area contributed by atoms with E-state index in [1.165, 1.54) is 19.3 Å². The maximum Gasteiger partial charge on any atom is 0.232 e. The van der Waals surface area contributed by atoms with Crippen LogP contribution in [0, 0.1) is 0 Å². The first-order chi connectivity index (χ1) is 9.79. The van der Waals surface area contributed by atoms with Crippen LogP contribution in [0.5, 0.6) is 0 Å². The summed E-state index contributed by atoms with van der Waals surface area (Å²) in [6, 6.07) is 0. The predicted octanol–water partition coefficient (Wildman–Crippen LogP) is 1.28. The first-order valence-electron chi connectivity index (χ1n) is 7.37. The number of morpholine rings is 1. The Balaban J connectivity index is 1.90. The molecule has 20 heavy (non-hydrogen) atoms. The fraction of sp³-hybridized carbons (Fsp3) is 0.769. The second kappa shape index (κ2) is 7.84. The molecule has 2 rings (SSSR count). The van der Waals surface area contributed by atoms with Gasteiger partial charge in [-0.1, -0.05) is 26.2 Å². The smallest absolute Gasteiger partial charge is 0.232 e. The van der Waals surface area contributed by atoms with E-state index in [0.29, 0.717) is 25.1 Å². The number of hydrogen-bond acceptors (Lipinski definition) is 7. The number of aromatic nitrogens is 3. The van der Waals surface area contributed by atoms with Gasteiger partial charge >= 0.3 is 0 Å². The molecule has 0 amide bonds. The van der Waals surface area contributed by atoms with E-state index in [-0.39, 0.29) is 5.95 Å². The first-order valence-corrected chi connectivity index (χ1v) is 7.37. The highest BCUT2D eigenvalue weighted by molar-refractivity contribution is 5.42. The van der Waals surface area contributed by atoms with Crippen molar-refractivity contribution in [1.29, 1.82) is 0 Å². The lowest BCUT2D eigenvalue weighted by Gasteiger charge is -2.26. The summed E-state index contributed by atoms with van der Waals surface area (Å²) in [4.78, 5) is 14.8. The summed E-state index contributed by atoms with van der Waals surface area (Å²) >= 11 is 0. The average molecular weight is 280 g/mol. The molecule has 1 aliphatic heterocycles. The van der Waals surface area contributed by atoms with Gasteiger partial charge in [0.05, 0.1) is 13.2 Å². The molecule has 0 atom stereocenters. The Morgan fingerprint density at radius 2 is 1.95 bits per heavy atom. The van der Waals surface area contributed by atoms with Crippen LogP contribution in [0.15, 0.2) is 0 Å². The van der Waals surface area contributed by atoms with Crippen molar-refractivity contribution in [1.82, 2.24) is 15.0 Å². The van der Waals surface area contributed by atoms with Gasteiger partial charge in [0, 0.05) is 19.6 Å². The molecule has 112 valence electrons. The van der Waals surface area contributed by atoms with Gasteiger partial charge in [0.15, 0.2) is 0 Å². The molecule has 0 radical (unpaired) electrons. The monoisotopic (exact) mass is 280 g/mol. The third-order valence-electron chi connectivity index (χ3n) is 3.25. The van der Waals surface area contributed by atoms with Crippen molar-refractivity contribution in [3.05, 3.63) is 0 Å². The number of hydrogen-bond donors (Lipinski definition) is 2. The summed E-state index contributed by atoms with van der Waals surface area (Å²) < 4.78 is 5.32.